The molecular weight excluding hydrogens is 735 g/mol. The smallest absolute Gasteiger partial charge is 0.386 e. The van der Waals surface area contributed by atoms with Crippen molar-refractivity contribution in [2.75, 3.05) is 38.8 Å². The summed E-state index contributed by atoms with van der Waals surface area (Å²) in [5.41, 5.74) is 2.55. The molecule has 0 atom stereocenters. The van der Waals surface area contributed by atoms with E-state index < -0.39 is 23.6 Å². The van der Waals surface area contributed by atoms with E-state index in [2.05, 4.69) is 62.1 Å². The van der Waals surface area contributed by atoms with Gasteiger partial charge in [0.1, 0.15) is 5.57 Å². The minimum absolute atomic E-state index is 0.101. The summed E-state index contributed by atoms with van der Waals surface area (Å²) >= 11 is 2.94. The van der Waals surface area contributed by atoms with E-state index in [4.69, 9.17) is 0 Å². The molecular formula is C39H46BrF3N7O2+. The molecule has 1 saturated carbocycles. The molecule has 1 aliphatic carbocycles. The molecule has 0 bridgehead atoms. The van der Waals surface area contributed by atoms with Crippen LogP contribution in [0.5, 0.6) is 0 Å². The first kappa shape index (κ1) is 41.5. The first-order chi connectivity index (χ1) is 24.9. The number of hydrogen-bond donors (Lipinski definition) is 4. The van der Waals surface area contributed by atoms with Crippen LogP contribution in [-0.2, 0) is 22.2 Å². The van der Waals surface area contributed by atoms with Crippen LogP contribution in [0.15, 0.2) is 90.6 Å². The molecule has 2 amide bonds. The molecule has 0 radical (unpaired) electrons. The first-order valence-electron chi connectivity index (χ1n) is 16.9. The van der Waals surface area contributed by atoms with Gasteiger partial charge in [0.25, 0.3) is 11.8 Å². The van der Waals surface area contributed by atoms with Crippen molar-refractivity contribution in [3.05, 3.63) is 119 Å². The Balaban J connectivity index is 0.000000714. The molecule has 0 saturated heterocycles. The van der Waals surface area contributed by atoms with Gasteiger partial charge < -0.3 is 20.9 Å². The molecule has 52 heavy (non-hydrogen) atoms. The number of halogens is 4. The third-order valence-corrected chi connectivity index (χ3v) is 8.26. The molecule has 13 heteroatoms. The van der Waals surface area contributed by atoms with E-state index in [0.717, 1.165) is 49.9 Å². The lowest BCUT2D eigenvalue weighted by Crippen LogP contribution is -3.06. The van der Waals surface area contributed by atoms with Crippen LogP contribution in [0.25, 0.3) is 11.4 Å². The second kappa shape index (κ2) is 20.2. The predicted molar refractivity (Wildman–Crippen MR) is 202 cm³/mol. The zero-order valence-electron chi connectivity index (χ0n) is 30.1. The summed E-state index contributed by atoms with van der Waals surface area (Å²) < 4.78 is 41.6. The average molecular weight is 782 g/mol. The quantitative estimate of drug-likeness (QED) is 0.0674. The molecule has 0 aliphatic heterocycles. The van der Waals surface area contributed by atoms with Gasteiger partial charge in [0.05, 0.1) is 61.1 Å². The van der Waals surface area contributed by atoms with Gasteiger partial charge in [-0.15, -0.1) is 0 Å². The molecule has 276 valence electrons. The molecule has 3 aromatic carbocycles. The van der Waals surface area contributed by atoms with Gasteiger partial charge >= 0.3 is 6.18 Å². The van der Waals surface area contributed by atoms with Crippen molar-refractivity contribution in [1.82, 2.24) is 20.4 Å². The number of nitrogens with one attached hydrogen (secondary N) is 4. The zero-order valence-corrected chi connectivity index (χ0v) is 31.7. The van der Waals surface area contributed by atoms with Crippen molar-refractivity contribution in [2.24, 2.45) is 0 Å². The van der Waals surface area contributed by atoms with Crippen LogP contribution in [0.4, 0.5) is 18.9 Å². The summed E-state index contributed by atoms with van der Waals surface area (Å²) in [6.07, 6.45) is 0.992. The van der Waals surface area contributed by atoms with Gasteiger partial charge in [-0.05, 0) is 73.6 Å². The van der Waals surface area contributed by atoms with Crippen LogP contribution in [0, 0.1) is 18.3 Å². The average Bonchev–Trinajstić information content (AvgIpc) is 3.83. The Morgan fingerprint density at radius 1 is 0.981 bits per heavy atom. The van der Waals surface area contributed by atoms with Crippen molar-refractivity contribution in [2.45, 2.75) is 51.2 Å². The number of hydrogen-bond acceptors (Lipinski definition) is 5. The molecule has 9 nitrogen and oxygen atoms in total. The molecule has 1 aromatic heterocycles. The minimum Gasteiger partial charge on any atom is -0.386 e. The van der Waals surface area contributed by atoms with E-state index in [1.807, 2.05) is 38.1 Å². The SMILES string of the molecule is CBr.CN/C(=C(\C(=O)Nc1cccc(C(F)(F)F)c1)C(=O)NC1CCCC1)c1ccnn1-c1ccc(C#N)cc1CC[NH+](C)C.Cc1ccccc1. The normalized spacial score (nSPS) is 13.1. The fourth-order valence-corrected chi connectivity index (χ4v) is 5.67. The van der Waals surface area contributed by atoms with Crippen LogP contribution >= 0.6 is 15.9 Å². The maximum atomic E-state index is 13.7. The number of nitriles is 1. The molecule has 1 fully saturated rings. The Kier molecular flexibility index (Phi) is 16.1. The van der Waals surface area contributed by atoms with Gasteiger partial charge in [0, 0.05) is 25.2 Å². The lowest BCUT2D eigenvalue weighted by molar-refractivity contribution is -0.858. The van der Waals surface area contributed by atoms with Gasteiger partial charge in [-0.2, -0.15) is 23.5 Å². The highest BCUT2D eigenvalue weighted by molar-refractivity contribution is 9.08. The molecule has 5 rings (SSSR count). The number of carbonyl (C=O) groups is 2. The van der Waals surface area contributed by atoms with Gasteiger partial charge in [-0.3, -0.25) is 9.59 Å². The van der Waals surface area contributed by atoms with Gasteiger partial charge in [-0.25, -0.2) is 4.68 Å². The number of alkyl halides is 4. The van der Waals surface area contributed by atoms with Gasteiger partial charge in [-0.1, -0.05) is 70.7 Å². The van der Waals surface area contributed by atoms with E-state index >= 15 is 0 Å². The minimum atomic E-state index is -4.60. The van der Waals surface area contributed by atoms with E-state index in [-0.39, 0.29) is 23.0 Å². The van der Waals surface area contributed by atoms with Gasteiger partial charge in [0.2, 0.25) is 0 Å². The Morgan fingerprint density at radius 3 is 2.25 bits per heavy atom. The Hall–Kier alpha value is -4.93. The number of nitrogens with zero attached hydrogens (tertiary/aromatic N) is 3. The maximum Gasteiger partial charge on any atom is 0.416 e. The van der Waals surface area contributed by atoms with Crippen LogP contribution in [0.3, 0.4) is 0 Å². The number of benzene rings is 3. The summed E-state index contributed by atoms with van der Waals surface area (Å²) in [7, 11) is 5.60. The van der Waals surface area contributed by atoms with E-state index in [9.17, 15) is 28.0 Å². The monoisotopic (exact) mass is 780 g/mol. The van der Waals surface area contributed by atoms with E-state index in [1.54, 1.807) is 36.0 Å². The molecule has 0 spiro atoms. The number of aromatic nitrogens is 2. The van der Waals surface area contributed by atoms with Gasteiger partial charge in [0.15, 0.2) is 0 Å². The number of anilines is 1. The molecule has 1 heterocycles. The summed E-state index contributed by atoms with van der Waals surface area (Å²) in [4.78, 5) is 28.7. The molecule has 1 aliphatic rings. The number of rotatable bonds is 10. The van der Waals surface area contributed by atoms with Crippen LogP contribution < -0.4 is 20.9 Å². The second-order valence-corrected chi connectivity index (χ2v) is 12.4. The molecule has 0 unspecified atom stereocenters. The van der Waals surface area contributed by atoms with Crippen molar-refractivity contribution >= 4 is 39.1 Å². The fourth-order valence-electron chi connectivity index (χ4n) is 5.67. The zero-order chi connectivity index (χ0) is 38.3. The van der Waals surface area contributed by atoms with Crippen molar-refractivity contribution in [3.63, 3.8) is 0 Å². The van der Waals surface area contributed by atoms with E-state index in [0.29, 0.717) is 23.4 Å². The van der Waals surface area contributed by atoms with E-state index in [1.165, 1.54) is 28.8 Å². The summed E-state index contributed by atoms with van der Waals surface area (Å²) in [6.45, 7) is 2.86. The second-order valence-electron chi connectivity index (χ2n) is 12.4. The number of likely N-dealkylation sites (N-methyl/N-ethyl adjacent to an activating group) is 1. The Labute approximate surface area is 312 Å². The number of aryl methyl sites for hydroxylation is 1. The van der Waals surface area contributed by atoms with Crippen molar-refractivity contribution in [1.29, 1.82) is 5.26 Å². The first-order valence-corrected chi connectivity index (χ1v) is 18.5. The summed E-state index contributed by atoms with van der Waals surface area (Å²) in [5, 5.41) is 22.4. The van der Waals surface area contributed by atoms with Crippen LogP contribution in [0.1, 0.15) is 53.6 Å². The number of amides is 2. The Morgan fingerprint density at radius 2 is 1.67 bits per heavy atom. The topological polar surface area (TPSA) is 116 Å². The number of carbonyl (C=O) groups excluding carboxylic acids is 2. The largest absolute Gasteiger partial charge is 0.416 e. The number of quaternary nitrogens is 1. The third kappa shape index (κ3) is 11.8. The maximum absolute atomic E-state index is 13.7. The van der Waals surface area contributed by atoms with Crippen molar-refractivity contribution in [3.8, 4) is 11.8 Å². The Bertz CT molecular complexity index is 1840. The lowest BCUT2D eigenvalue weighted by Gasteiger charge is -2.20. The highest BCUT2D eigenvalue weighted by atomic mass is 79.9. The molecule has 4 N–H and O–H groups in total. The van der Waals surface area contributed by atoms with Crippen LogP contribution in [-0.4, -0.2) is 61.2 Å². The summed E-state index contributed by atoms with van der Waals surface area (Å²) in [5.74, 6) is 0.292. The standard InChI is InChI=1S/C31H34F3N7O2.C7H8.CH3Br/c1-36-28(26-13-15-37-41(26)25-12-11-20(19-35)17-21(25)14-16-40(2)3)27(29(42)38-23-8-4-5-9-23)30(43)39-24-10-6-7-22(18-24)31(32,33)34;1-7-5-3-2-4-6-7;1-2/h6-7,10-13,15,17-18,23,36H,4-5,8-9,14,16H2,1-3H3,(H,38,42)(H,39,43);2-6H,1H3;1H3/p+1/b28-27-;;. The lowest BCUT2D eigenvalue weighted by atomic mass is 10.0. The third-order valence-electron chi connectivity index (χ3n) is 8.26. The highest BCUT2D eigenvalue weighted by Gasteiger charge is 2.32. The fraction of sp³-hybridized carbons (Fsp3) is 0.333. The van der Waals surface area contributed by atoms with Crippen molar-refractivity contribution < 1.29 is 27.7 Å². The highest BCUT2D eigenvalue weighted by Crippen LogP contribution is 2.31. The summed E-state index contributed by atoms with van der Waals surface area (Å²) in [6, 6.07) is 23.4. The van der Waals surface area contributed by atoms with Crippen LogP contribution in [0.2, 0.25) is 0 Å². The molecule has 4 aromatic rings. The predicted octanol–water partition coefficient (Wildman–Crippen LogP) is 6.08.